The van der Waals surface area contributed by atoms with Crippen LogP contribution in [0.15, 0.2) is 65.3 Å². The first-order valence-electron chi connectivity index (χ1n) is 10.9. The monoisotopic (exact) mass is 423 g/mol. The second-order valence-corrected chi connectivity index (χ2v) is 7.92. The van der Waals surface area contributed by atoms with Gasteiger partial charge in [-0.3, -0.25) is 4.90 Å². The van der Waals surface area contributed by atoms with Crippen LogP contribution in [0.5, 0.6) is 11.5 Å². The number of aliphatic hydroxyl groups is 1. The Hall–Kier alpha value is -2.76. The standard InChI is InChI=1S/C26H33NO4/c1-4-13-30-26-10-6-5-8-22(26)16-27(18-25-9-7-14-29-25)17-23(28)19-31-24-12-11-20(2)21(3)15-24/h5-12,14-15,23,28H,4,13,16-19H2,1-3H3. The Morgan fingerprint density at radius 1 is 0.968 bits per heavy atom. The predicted molar refractivity (Wildman–Crippen MR) is 122 cm³/mol. The number of ether oxygens (including phenoxy) is 2. The zero-order valence-electron chi connectivity index (χ0n) is 18.7. The average Bonchev–Trinajstić information content (AvgIpc) is 3.27. The maximum Gasteiger partial charge on any atom is 0.123 e. The summed E-state index contributed by atoms with van der Waals surface area (Å²) in [6, 6.07) is 17.9. The molecule has 3 aromatic rings. The van der Waals surface area contributed by atoms with E-state index in [1.807, 2.05) is 48.5 Å². The van der Waals surface area contributed by atoms with Crippen molar-refractivity contribution >= 4 is 0 Å². The SMILES string of the molecule is CCCOc1ccccc1CN(Cc1ccco1)CC(O)COc1ccc(C)c(C)c1. The summed E-state index contributed by atoms with van der Waals surface area (Å²) in [5.74, 6) is 2.52. The number of para-hydroxylation sites is 1. The van der Waals surface area contributed by atoms with Gasteiger partial charge < -0.3 is 19.0 Å². The zero-order valence-corrected chi connectivity index (χ0v) is 18.7. The second kappa shape index (κ2) is 11.6. The van der Waals surface area contributed by atoms with Crippen LogP contribution in [0.2, 0.25) is 0 Å². The molecule has 1 N–H and O–H groups in total. The van der Waals surface area contributed by atoms with Gasteiger partial charge in [-0.25, -0.2) is 0 Å². The van der Waals surface area contributed by atoms with E-state index in [2.05, 4.69) is 31.7 Å². The van der Waals surface area contributed by atoms with Crippen LogP contribution >= 0.6 is 0 Å². The van der Waals surface area contributed by atoms with Crippen LogP contribution in [0.1, 0.15) is 35.8 Å². The molecule has 0 saturated carbocycles. The number of nitrogens with zero attached hydrogens (tertiary/aromatic N) is 1. The van der Waals surface area contributed by atoms with Crippen molar-refractivity contribution in [1.29, 1.82) is 0 Å². The number of aliphatic hydroxyl groups excluding tert-OH is 1. The van der Waals surface area contributed by atoms with E-state index in [-0.39, 0.29) is 6.61 Å². The van der Waals surface area contributed by atoms with Crippen LogP contribution in [0.3, 0.4) is 0 Å². The summed E-state index contributed by atoms with van der Waals surface area (Å²) in [7, 11) is 0. The first kappa shape index (κ1) is 22.9. The number of rotatable bonds is 12. The van der Waals surface area contributed by atoms with Crippen LogP contribution in [0.25, 0.3) is 0 Å². The van der Waals surface area contributed by atoms with Crippen LogP contribution < -0.4 is 9.47 Å². The lowest BCUT2D eigenvalue weighted by Gasteiger charge is -2.25. The Bertz CT molecular complexity index is 923. The van der Waals surface area contributed by atoms with Gasteiger partial charge >= 0.3 is 0 Å². The second-order valence-electron chi connectivity index (χ2n) is 7.92. The Balaban J connectivity index is 1.65. The van der Waals surface area contributed by atoms with Gasteiger partial charge in [0, 0.05) is 18.7 Å². The van der Waals surface area contributed by atoms with Crippen molar-refractivity contribution in [3.8, 4) is 11.5 Å². The van der Waals surface area contributed by atoms with Gasteiger partial charge in [-0.2, -0.15) is 0 Å². The van der Waals surface area contributed by atoms with Gasteiger partial charge in [0.15, 0.2) is 0 Å². The molecule has 0 fully saturated rings. The van der Waals surface area contributed by atoms with Crippen molar-refractivity contribution < 1.29 is 19.0 Å². The lowest BCUT2D eigenvalue weighted by atomic mass is 10.1. The van der Waals surface area contributed by atoms with Crippen molar-refractivity contribution in [1.82, 2.24) is 4.90 Å². The molecule has 2 aromatic carbocycles. The van der Waals surface area contributed by atoms with Crippen molar-refractivity contribution in [3.63, 3.8) is 0 Å². The van der Waals surface area contributed by atoms with Crippen LogP contribution in [-0.4, -0.2) is 35.9 Å². The smallest absolute Gasteiger partial charge is 0.123 e. The number of hydrogen-bond acceptors (Lipinski definition) is 5. The molecule has 0 bridgehead atoms. The van der Waals surface area contributed by atoms with Gasteiger partial charge in [0.2, 0.25) is 0 Å². The van der Waals surface area contributed by atoms with E-state index >= 15 is 0 Å². The minimum absolute atomic E-state index is 0.227. The summed E-state index contributed by atoms with van der Waals surface area (Å²) < 4.78 is 17.3. The summed E-state index contributed by atoms with van der Waals surface area (Å²) in [5, 5.41) is 10.7. The molecule has 0 radical (unpaired) electrons. The van der Waals surface area contributed by atoms with E-state index in [1.165, 1.54) is 11.1 Å². The van der Waals surface area contributed by atoms with Gasteiger partial charge in [0.1, 0.15) is 30.0 Å². The molecular formula is C26H33NO4. The molecule has 5 nitrogen and oxygen atoms in total. The number of furan rings is 1. The Kier molecular flexibility index (Phi) is 8.56. The van der Waals surface area contributed by atoms with Gasteiger partial charge in [0.05, 0.1) is 19.4 Å². The molecule has 0 saturated heterocycles. The highest BCUT2D eigenvalue weighted by Crippen LogP contribution is 2.22. The van der Waals surface area contributed by atoms with Crippen molar-refractivity contribution in [2.24, 2.45) is 0 Å². The Morgan fingerprint density at radius 2 is 1.81 bits per heavy atom. The molecule has 31 heavy (non-hydrogen) atoms. The van der Waals surface area contributed by atoms with Crippen molar-refractivity contribution in [2.75, 3.05) is 19.8 Å². The largest absolute Gasteiger partial charge is 0.493 e. The van der Waals surface area contributed by atoms with E-state index in [0.29, 0.717) is 26.2 Å². The van der Waals surface area contributed by atoms with E-state index < -0.39 is 6.10 Å². The van der Waals surface area contributed by atoms with Gasteiger partial charge in [-0.15, -0.1) is 0 Å². The normalized spacial score (nSPS) is 12.2. The summed E-state index contributed by atoms with van der Waals surface area (Å²) in [4.78, 5) is 2.15. The highest BCUT2D eigenvalue weighted by atomic mass is 16.5. The Labute approximate surface area is 185 Å². The highest BCUT2D eigenvalue weighted by Gasteiger charge is 2.17. The molecule has 0 aliphatic rings. The maximum atomic E-state index is 10.7. The molecule has 166 valence electrons. The summed E-state index contributed by atoms with van der Waals surface area (Å²) in [6.45, 7) is 8.82. The van der Waals surface area contributed by atoms with E-state index in [9.17, 15) is 5.11 Å². The molecule has 1 heterocycles. The molecule has 5 heteroatoms. The molecule has 1 unspecified atom stereocenters. The average molecular weight is 424 g/mol. The molecule has 0 spiro atoms. The lowest BCUT2D eigenvalue weighted by Crippen LogP contribution is -2.35. The van der Waals surface area contributed by atoms with Gasteiger partial charge in [-0.1, -0.05) is 31.2 Å². The minimum atomic E-state index is -0.639. The van der Waals surface area contributed by atoms with E-state index in [1.54, 1.807) is 6.26 Å². The fourth-order valence-electron chi connectivity index (χ4n) is 3.38. The fourth-order valence-corrected chi connectivity index (χ4v) is 3.38. The van der Waals surface area contributed by atoms with Crippen LogP contribution in [-0.2, 0) is 13.1 Å². The van der Waals surface area contributed by atoms with Gasteiger partial charge in [0.25, 0.3) is 0 Å². The molecule has 3 rings (SSSR count). The Morgan fingerprint density at radius 3 is 2.55 bits per heavy atom. The third-order valence-corrected chi connectivity index (χ3v) is 5.18. The lowest BCUT2D eigenvalue weighted by molar-refractivity contribution is 0.0601. The third-order valence-electron chi connectivity index (χ3n) is 5.18. The molecule has 0 amide bonds. The van der Waals surface area contributed by atoms with E-state index in [4.69, 9.17) is 13.9 Å². The van der Waals surface area contributed by atoms with Crippen LogP contribution in [0, 0.1) is 13.8 Å². The highest BCUT2D eigenvalue weighted by molar-refractivity contribution is 5.34. The number of aryl methyl sites for hydroxylation is 2. The molecule has 1 aromatic heterocycles. The topological polar surface area (TPSA) is 55.1 Å². The quantitative estimate of drug-likeness (QED) is 0.438. The van der Waals surface area contributed by atoms with Gasteiger partial charge in [-0.05, 0) is 61.7 Å². The fraction of sp³-hybridized carbons (Fsp3) is 0.385. The van der Waals surface area contributed by atoms with Crippen molar-refractivity contribution in [3.05, 3.63) is 83.3 Å². The van der Waals surface area contributed by atoms with Crippen LogP contribution in [0.4, 0.5) is 0 Å². The maximum absolute atomic E-state index is 10.7. The van der Waals surface area contributed by atoms with E-state index in [0.717, 1.165) is 29.2 Å². The first-order chi connectivity index (χ1) is 15.0. The zero-order chi connectivity index (χ0) is 22.1. The summed E-state index contributed by atoms with van der Waals surface area (Å²) >= 11 is 0. The minimum Gasteiger partial charge on any atom is -0.493 e. The first-order valence-corrected chi connectivity index (χ1v) is 10.9. The molecule has 1 atom stereocenters. The molecular weight excluding hydrogens is 390 g/mol. The number of benzene rings is 2. The summed E-state index contributed by atoms with van der Waals surface area (Å²) in [6.07, 6.45) is 1.99. The van der Waals surface area contributed by atoms with Crippen molar-refractivity contribution in [2.45, 2.75) is 46.4 Å². The summed E-state index contributed by atoms with van der Waals surface area (Å²) in [5.41, 5.74) is 3.49. The molecule has 0 aliphatic heterocycles. The third kappa shape index (κ3) is 7.16. The molecule has 0 aliphatic carbocycles. The predicted octanol–water partition coefficient (Wildman–Crippen LogP) is 5.13. The number of hydrogen-bond donors (Lipinski definition) is 1.